The van der Waals surface area contributed by atoms with Crippen LogP contribution in [0.1, 0.15) is 51.7 Å². The fourth-order valence-electron chi connectivity index (χ4n) is 4.90. The summed E-state index contributed by atoms with van der Waals surface area (Å²) < 4.78 is 19.9. The van der Waals surface area contributed by atoms with Crippen LogP contribution in [0.3, 0.4) is 0 Å². The summed E-state index contributed by atoms with van der Waals surface area (Å²) in [5.41, 5.74) is 2.27. The first-order valence-corrected chi connectivity index (χ1v) is 10.2. The molecule has 0 spiro atoms. The van der Waals surface area contributed by atoms with Crippen molar-refractivity contribution in [3.05, 3.63) is 101 Å². The number of rotatable bonds is 7. The summed E-state index contributed by atoms with van der Waals surface area (Å²) in [6.07, 6.45) is 0. The van der Waals surface area contributed by atoms with Crippen molar-refractivity contribution in [2.45, 2.75) is 24.7 Å². The molecule has 1 aliphatic carbocycles. The molecule has 1 saturated carbocycles. The van der Waals surface area contributed by atoms with Gasteiger partial charge in [-0.05, 0) is 41.8 Å². The van der Waals surface area contributed by atoms with Gasteiger partial charge in [0.1, 0.15) is 17.3 Å². The predicted molar refractivity (Wildman–Crippen MR) is 115 cm³/mol. The first-order chi connectivity index (χ1) is 15.4. The highest BCUT2D eigenvalue weighted by atomic mass is 19.1. The van der Waals surface area contributed by atoms with E-state index in [9.17, 15) is 19.5 Å². The van der Waals surface area contributed by atoms with Crippen molar-refractivity contribution < 1.29 is 28.6 Å². The van der Waals surface area contributed by atoms with E-state index < -0.39 is 11.8 Å². The second kappa shape index (κ2) is 8.75. The van der Waals surface area contributed by atoms with Gasteiger partial charge < -0.3 is 9.84 Å². The van der Waals surface area contributed by atoms with Crippen molar-refractivity contribution in [2.75, 3.05) is 0 Å². The fourth-order valence-corrected chi connectivity index (χ4v) is 4.90. The normalized spacial score (nSPS) is 21.9. The van der Waals surface area contributed by atoms with Gasteiger partial charge in [0.05, 0.1) is 5.56 Å². The highest BCUT2D eigenvalue weighted by molar-refractivity contribution is 5.88. The minimum atomic E-state index is -1.04. The van der Waals surface area contributed by atoms with Gasteiger partial charge in [-0.1, -0.05) is 48.5 Å². The second-order valence-corrected chi connectivity index (χ2v) is 7.95. The van der Waals surface area contributed by atoms with Crippen molar-refractivity contribution in [1.82, 2.24) is 0 Å². The van der Waals surface area contributed by atoms with Gasteiger partial charge in [-0.15, -0.1) is 0 Å². The maximum atomic E-state index is 15.2. The molecule has 0 aliphatic heterocycles. The molecule has 0 radical (unpaired) electrons. The van der Waals surface area contributed by atoms with Crippen LogP contribution in [-0.4, -0.2) is 23.3 Å². The molecule has 32 heavy (non-hydrogen) atoms. The zero-order valence-electron chi connectivity index (χ0n) is 17.3. The summed E-state index contributed by atoms with van der Waals surface area (Å²) in [6, 6.07) is 20.2. The molecule has 4 atom stereocenters. The molecule has 0 bridgehead atoms. The number of carbonyl (C=O) groups is 3. The van der Waals surface area contributed by atoms with E-state index in [0.29, 0.717) is 5.56 Å². The Balaban J connectivity index is 1.83. The number of ketones is 1. The molecule has 162 valence electrons. The maximum absolute atomic E-state index is 15.2. The van der Waals surface area contributed by atoms with E-state index >= 15 is 4.39 Å². The first kappa shape index (κ1) is 21.4. The fraction of sp³-hybridized carbons (Fsp3) is 0.192. The van der Waals surface area contributed by atoms with E-state index in [1.807, 2.05) is 30.3 Å². The number of halogens is 1. The third kappa shape index (κ3) is 3.80. The lowest BCUT2D eigenvalue weighted by atomic mass is 9.50. The molecule has 1 N–H and O–H groups in total. The Bertz CT molecular complexity index is 1160. The molecule has 3 aromatic carbocycles. The SMILES string of the molecule is CC(=O)[C@@H]1C(c2ccccc2)[C@@H](c2ccc(OC=O)cc2F)[C@H]1c1ccc(C(=O)O)cc1. The smallest absolute Gasteiger partial charge is 0.335 e. The number of ether oxygens (including phenoxy) is 1. The van der Waals surface area contributed by atoms with Gasteiger partial charge in [0.2, 0.25) is 0 Å². The average Bonchev–Trinajstić information content (AvgIpc) is 2.76. The van der Waals surface area contributed by atoms with Gasteiger partial charge in [0.15, 0.2) is 0 Å². The van der Waals surface area contributed by atoms with E-state index in [2.05, 4.69) is 0 Å². The van der Waals surface area contributed by atoms with Crippen LogP contribution in [0.2, 0.25) is 0 Å². The molecule has 5 nitrogen and oxygen atoms in total. The van der Waals surface area contributed by atoms with Crippen molar-refractivity contribution in [1.29, 1.82) is 0 Å². The minimum Gasteiger partial charge on any atom is -0.478 e. The Morgan fingerprint density at radius 3 is 2.06 bits per heavy atom. The molecule has 0 saturated heterocycles. The van der Waals surface area contributed by atoms with Crippen LogP contribution >= 0.6 is 0 Å². The largest absolute Gasteiger partial charge is 0.478 e. The molecular formula is C26H21FO5. The van der Waals surface area contributed by atoms with Crippen LogP contribution < -0.4 is 4.74 Å². The van der Waals surface area contributed by atoms with E-state index in [1.54, 1.807) is 18.2 Å². The Kier molecular flexibility index (Phi) is 5.86. The summed E-state index contributed by atoms with van der Waals surface area (Å²) >= 11 is 0. The minimum absolute atomic E-state index is 0.0104. The van der Waals surface area contributed by atoms with Gasteiger partial charge in [-0.3, -0.25) is 9.59 Å². The van der Waals surface area contributed by atoms with E-state index in [-0.39, 0.29) is 47.2 Å². The Morgan fingerprint density at radius 2 is 1.53 bits per heavy atom. The van der Waals surface area contributed by atoms with Gasteiger partial charge in [-0.25, -0.2) is 9.18 Å². The zero-order chi connectivity index (χ0) is 22.8. The highest BCUT2D eigenvalue weighted by Crippen LogP contribution is 2.63. The van der Waals surface area contributed by atoms with Gasteiger partial charge in [0.25, 0.3) is 6.47 Å². The number of aromatic carboxylic acids is 1. The van der Waals surface area contributed by atoms with Crippen LogP contribution in [0.4, 0.5) is 4.39 Å². The van der Waals surface area contributed by atoms with Crippen molar-refractivity contribution in [3.8, 4) is 5.75 Å². The summed E-state index contributed by atoms with van der Waals surface area (Å²) in [7, 11) is 0. The van der Waals surface area contributed by atoms with Crippen LogP contribution in [0, 0.1) is 11.7 Å². The Hall–Kier alpha value is -3.80. The zero-order valence-corrected chi connectivity index (χ0v) is 17.3. The highest BCUT2D eigenvalue weighted by Gasteiger charge is 2.54. The lowest BCUT2D eigenvalue weighted by molar-refractivity contribution is -0.126. The standard InChI is InChI=1S/C26H21FO5/c1-15(29)22-23(16-5-3-2-4-6-16)25(20-12-11-19(32-14-28)13-21(20)27)24(22)17-7-9-18(10-8-17)26(30)31/h2-14,22-25H,1H3,(H,30,31)/t22-,23?,24+,25-/m1/s1. The van der Waals surface area contributed by atoms with Gasteiger partial charge in [0, 0.05) is 29.7 Å². The summed E-state index contributed by atoms with van der Waals surface area (Å²) in [5.74, 6) is -2.78. The summed E-state index contributed by atoms with van der Waals surface area (Å²) in [5, 5.41) is 9.21. The van der Waals surface area contributed by atoms with Crippen LogP contribution in [-0.2, 0) is 9.59 Å². The van der Waals surface area contributed by atoms with Crippen molar-refractivity contribution >= 4 is 18.2 Å². The number of Topliss-reactive ketones (excluding diaryl/α,β-unsaturated/α-hetero) is 1. The van der Waals surface area contributed by atoms with Gasteiger partial charge >= 0.3 is 5.97 Å². The second-order valence-electron chi connectivity index (χ2n) is 7.95. The summed E-state index contributed by atoms with van der Waals surface area (Å²) in [6.45, 7) is 1.77. The number of carboxylic acids is 1. The Labute approximate surface area is 184 Å². The Morgan fingerprint density at radius 1 is 0.906 bits per heavy atom. The first-order valence-electron chi connectivity index (χ1n) is 10.2. The molecule has 3 aromatic rings. The van der Waals surface area contributed by atoms with Crippen LogP contribution in [0.25, 0.3) is 0 Å². The summed E-state index contributed by atoms with van der Waals surface area (Å²) in [4.78, 5) is 34.6. The van der Waals surface area contributed by atoms with Gasteiger partial charge in [-0.2, -0.15) is 0 Å². The number of carbonyl (C=O) groups excluding carboxylic acids is 2. The van der Waals surface area contributed by atoms with Crippen LogP contribution in [0.15, 0.2) is 72.8 Å². The molecule has 0 heterocycles. The number of carboxylic acid groups (broad SMARTS) is 1. The molecule has 1 unspecified atom stereocenters. The lowest BCUT2D eigenvalue weighted by Gasteiger charge is -2.52. The molecule has 6 heteroatoms. The molecule has 4 rings (SSSR count). The molecule has 0 amide bonds. The monoisotopic (exact) mass is 432 g/mol. The maximum Gasteiger partial charge on any atom is 0.335 e. The van der Waals surface area contributed by atoms with E-state index in [1.165, 1.54) is 25.1 Å². The van der Waals surface area contributed by atoms with Crippen molar-refractivity contribution in [2.24, 2.45) is 5.92 Å². The lowest BCUT2D eigenvalue weighted by Crippen LogP contribution is -2.45. The number of hydrogen-bond acceptors (Lipinski definition) is 4. The molecule has 1 fully saturated rings. The van der Waals surface area contributed by atoms with Crippen molar-refractivity contribution in [3.63, 3.8) is 0 Å². The number of hydrogen-bond donors (Lipinski definition) is 1. The van der Waals surface area contributed by atoms with E-state index in [4.69, 9.17) is 4.74 Å². The number of benzene rings is 3. The molecule has 0 aromatic heterocycles. The van der Waals surface area contributed by atoms with Crippen LogP contribution in [0.5, 0.6) is 5.75 Å². The quantitative estimate of drug-likeness (QED) is 0.536. The topological polar surface area (TPSA) is 80.7 Å². The third-order valence-electron chi connectivity index (χ3n) is 6.26. The average molecular weight is 432 g/mol. The third-order valence-corrected chi connectivity index (χ3v) is 6.26. The molecular weight excluding hydrogens is 411 g/mol. The predicted octanol–water partition coefficient (Wildman–Crippen LogP) is 4.93. The van der Waals surface area contributed by atoms with E-state index in [0.717, 1.165) is 17.2 Å². The molecule has 1 aliphatic rings.